The molecule has 0 amide bonds. The van der Waals surface area contributed by atoms with Gasteiger partial charge in [0.15, 0.2) is 0 Å². The molecule has 12 aromatic rings. The van der Waals surface area contributed by atoms with E-state index in [0.717, 1.165) is 22.7 Å². The van der Waals surface area contributed by atoms with E-state index in [1.807, 2.05) is 0 Å². The summed E-state index contributed by atoms with van der Waals surface area (Å²) in [6.07, 6.45) is 0. The van der Waals surface area contributed by atoms with E-state index in [2.05, 4.69) is 289 Å². The van der Waals surface area contributed by atoms with Crippen molar-refractivity contribution in [2.24, 2.45) is 0 Å². The Morgan fingerprint density at radius 3 is 1.26 bits per heavy atom. The topological polar surface area (TPSA) is 8.17 Å². The van der Waals surface area contributed by atoms with Crippen LogP contribution in [0.2, 0.25) is 0 Å². The summed E-state index contributed by atoms with van der Waals surface area (Å²) in [5, 5.41) is 2.50. The molecule has 2 aliphatic rings. The summed E-state index contributed by atoms with van der Waals surface area (Å²) >= 11 is 0. The predicted molar refractivity (Wildman–Crippen MR) is 290 cm³/mol. The van der Waals surface area contributed by atoms with Crippen molar-refractivity contribution in [1.82, 2.24) is 4.57 Å². The molecular formula is C68H46N2. The van der Waals surface area contributed by atoms with Crippen LogP contribution >= 0.6 is 0 Å². The van der Waals surface area contributed by atoms with Gasteiger partial charge in [0, 0.05) is 33.4 Å². The maximum atomic E-state index is 2.53. The molecule has 2 nitrogen and oxygen atoms in total. The van der Waals surface area contributed by atoms with Crippen LogP contribution in [-0.2, 0) is 10.8 Å². The van der Waals surface area contributed by atoms with Gasteiger partial charge in [0.05, 0.1) is 27.6 Å². The number of para-hydroxylation sites is 2. The lowest BCUT2D eigenvalue weighted by Crippen LogP contribution is -2.29. The molecule has 70 heavy (non-hydrogen) atoms. The van der Waals surface area contributed by atoms with Crippen molar-refractivity contribution < 1.29 is 0 Å². The molecule has 0 aliphatic heterocycles. The molecule has 0 saturated heterocycles. The quantitative estimate of drug-likeness (QED) is 0.148. The molecule has 0 saturated carbocycles. The average Bonchev–Trinajstić information content (AvgIpc) is 4.05. The third-order valence-corrected chi connectivity index (χ3v) is 15.3. The Bertz CT molecular complexity index is 3800. The molecule has 14 rings (SSSR count). The lowest BCUT2D eigenvalue weighted by atomic mass is 9.67. The van der Waals surface area contributed by atoms with Crippen LogP contribution in [0.25, 0.3) is 49.7 Å². The highest BCUT2D eigenvalue weighted by Crippen LogP contribution is 2.61. The van der Waals surface area contributed by atoms with E-state index >= 15 is 0 Å². The van der Waals surface area contributed by atoms with E-state index in [1.54, 1.807) is 0 Å². The van der Waals surface area contributed by atoms with Crippen molar-refractivity contribution in [3.63, 3.8) is 0 Å². The lowest BCUT2D eigenvalue weighted by Gasteiger charge is -2.35. The van der Waals surface area contributed by atoms with Crippen LogP contribution in [0.1, 0.15) is 44.5 Å². The number of nitrogens with zero attached hydrogens (tertiary/aromatic N) is 2. The normalized spacial score (nSPS) is 13.7. The minimum atomic E-state index is -0.558. The first-order chi connectivity index (χ1) is 34.8. The molecule has 0 N–H and O–H groups in total. The Morgan fingerprint density at radius 2 is 0.700 bits per heavy atom. The molecule has 0 fully saturated rings. The largest absolute Gasteiger partial charge is 0.310 e. The maximum absolute atomic E-state index is 2.53. The van der Waals surface area contributed by atoms with Gasteiger partial charge in [0.2, 0.25) is 0 Å². The van der Waals surface area contributed by atoms with E-state index in [-0.39, 0.29) is 0 Å². The summed E-state index contributed by atoms with van der Waals surface area (Å²) in [6.45, 7) is 0. The molecule has 1 heterocycles. The lowest BCUT2D eigenvalue weighted by molar-refractivity contribution is 0.768. The highest BCUT2D eigenvalue weighted by molar-refractivity contribution is 6.09. The van der Waals surface area contributed by atoms with E-state index < -0.39 is 10.8 Å². The van der Waals surface area contributed by atoms with Gasteiger partial charge >= 0.3 is 0 Å². The molecule has 0 unspecified atom stereocenters. The zero-order valence-electron chi connectivity index (χ0n) is 38.5. The number of rotatable bonds is 8. The van der Waals surface area contributed by atoms with Gasteiger partial charge in [0.1, 0.15) is 0 Å². The van der Waals surface area contributed by atoms with Crippen molar-refractivity contribution in [3.05, 3.63) is 324 Å². The van der Waals surface area contributed by atoms with Crippen LogP contribution in [-0.4, -0.2) is 4.57 Å². The zero-order valence-corrected chi connectivity index (χ0v) is 38.5. The van der Waals surface area contributed by atoms with Gasteiger partial charge in [-0.2, -0.15) is 0 Å². The van der Waals surface area contributed by atoms with Crippen molar-refractivity contribution >= 4 is 38.9 Å². The number of hydrogen-bond donors (Lipinski definition) is 0. The van der Waals surface area contributed by atoms with E-state index in [1.165, 1.54) is 88.6 Å². The first-order valence-electron chi connectivity index (χ1n) is 24.3. The van der Waals surface area contributed by atoms with Crippen molar-refractivity contribution in [2.45, 2.75) is 10.8 Å². The highest BCUT2D eigenvalue weighted by Gasteiger charge is 2.49. The molecule has 0 radical (unpaired) electrons. The molecule has 2 aliphatic carbocycles. The summed E-state index contributed by atoms with van der Waals surface area (Å²) < 4.78 is 2.41. The van der Waals surface area contributed by atoms with Crippen LogP contribution in [0.5, 0.6) is 0 Å². The first kappa shape index (κ1) is 40.1. The fourth-order valence-electron chi connectivity index (χ4n) is 12.6. The number of hydrogen-bond acceptors (Lipinski definition) is 1. The average molecular weight is 891 g/mol. The van der Waals surface area contributed by atoms with Crippen LogP contribution < -0.4 is 4.90 Å². The van der Waals surface area contributed by atoms with Gasteiger partial charge in [-0.15, -0.1) is 0 Å². The molecule has 11 aromatic carbocycles. The monoisotopic (exact) mass is 890 g/mol. The second-order valence-corrected chi connectivity index (χ2v) is 18.7. The van der Waals surface area contributed by atoms with E-state index in [4.69, 9.17) is 0 Å². The minimum absolute atomic E-state index is 0.550. The van der Waals surface area contributed by atoms with Gasteiger partial charge in [-0.3, -0.25) is 0 Å². The highest BCUT2D eigenvalue weighted by atomic mass is 15.1. The third-order valence-electron chi connectivity index (χ3n) is 15.3. The Labute approximate surface area is 408 Å². The van der Waals surface area contributed by atoms with Crippen molar-refractivity contribution in [2.75, 3.05) is 4.90 Å². The van der Waals surface area contributed by atoms with Gasteiger partial charge in [-0.05, 0) is 116 Å². The van der Waals surface area contributed by atoms with Gasteiger partial charge in [-0.1, -0.05) is 224 Å². The number of benzene rings is 11. The van der Waals surface area contributed by atoms with Gasteiger partial charge < -0.3 is 9.47 Å². The summed E-state index contributed by atoms with van der Waals surface area (Å²) in [7, 11) is 0. The third kappa shape index (κ3) is 5.62. The Kier molecular flexibility index (Phi) is 9.06. The van der Waals surface area contributed by atoms with Gasteiger partial charge in [-0.25, -0.2) is 0 Å². The molecule has 1 aromatic heterocycles. The summed E-state index contributed by atoms with van der Waals surface area (Å²) in [6, 6.07) is 104. The Morgan fingerprint density at radius 1 is 0.286 bits per heavy atom. The summed E-state index contributed by atoms with van der Waals surface area (Å²) in [5.74, 6) is 0. The van der Waals surface area contributed by atoms with Crippen LogP contribution in [0.15, 0.2) is 279 Å². The molecule has 328 valence electrons. The second-order valence-electron chi connectivity index (χ2n) is 18.7. The fourth-order valence-corrected chi connectivity index (χ4v) is 12.6. The SMILES string of the molecule is c1ccc(C2(c3ccccc3)c3ccccc3-c3ccc(N(c4ccc(-n5c6ccccc6c6ccccc65)cc4)c4cccc5c4-c4ccccc4C5(c4ccccc4)c4ccccc4)cc32)cc1. The van der Waals surface area contributed by atoms with Crippen LogP contribution in [0, 0.1) is 0 Å². The molecule has 0 spiro atoms. The second kappa shape index (κ2) is 15.8. The van der Waals surface area contributed by atoms with E-state index in [0.29, 0.717) is 0 Å². The summed E-state index contributed by atoms with van der Waals surface area (Å²) in [5.41, 5.74) is 20.8. The van der Waals surface area contributed by atoms with Crippen LogP contribution in [0.4, 0.5) is 17.1 Å². The van der Waals surface area contributed by atoms with Crippen LogP contribution in [0.3, 0.4) is 0 Å². The smallest absolute Gasteiger partial charge is 0.0714 e. The van der Waals surface area contributed by atoms with Crippen molar-refractivity contribution in [1.29, 1.82) is 0 Å². The number of aromatic nitrogens is 1. The Balaban J connectivity index is 1.06. The number of anilines is 3. The molecule has 0 atom stereocenters. The summed E-state index contributed by atoms with van der Waals surface area (Å²) in [4.78, 5) is 2.53. The van der Waals surface area contributed by atoms with E-state index in [9.17, 15) is 0 Å². The number of fused-ring (bicyclic) bond motifs is 9. The molecule has 0 bridgehead atoms. The van der Waals surface area contributed by atoms with Gasteiger partial charge in [0.25, 0.3) is 0 Å². The first-order valence-corrected chi connectivity index (χ1v) is 24.3. The standard InChI is InChI=1S/C68H46N2/c1-5-22-47(23-6-1)67(48-24-7-2-8-25-48)60-35-18-14-33-58(60)66-61(67)36-21-39-65(66)69(51-40-42-52(43-41-51)70-63-37-19-15-31-56(63)57-32-16-20-38-64(57)70)53-44-45-55-54-30-13-17-34-59(54)68(62(55)46-53,49-26-9-3-10-27-49)50-28-11-4-12-29-50/h1-46H. The fraction of sp³-hybridized carbons (Fsp3) is 0.0294. The molecular weight excluding hydrogens is 845 g/mol. The Hall–Kier alpha value is -8.98. The minimum Gasteiger partial charge on any atom is -0.310 e. The van der Waals surface area contributed by atoms with Crippen molar-refractivity contribution in [3.8, 4) is 27.9 Å². The predicted octanol–water partition coefficient (Wildman–Crippen LogP) is 17.0. The maximum Gasteiger partial charge on any atom is 0.0714 e. The molecule has 2 heteroatoms. The zero-order chi connectivity index (χ0) is 46.2.